The molecular weight excluding hydrogens is 258 g/mol. The third kappa shape index (κ3) is 2.91. The first-order chi connectivity index (χ1) is 10.3. The van der Waals surface area contributed by atoms with Crippen LogP contribution in [0, 0.1) is 23.2 Å². The lowest BCUT2D eigenvalue weighted by molar-refractivity contribution is -0.0631. The predicted octanol–water partition coefficient (Wildman–Crippen LogP) is 3.83. The van der Waals surface area contributed by atoms with E-state index in [0.29, 0.717) is 18.1 Å². The molecule has 1 heterocycles. The van der Waals surface area contributed by atoms with E-state index >= 15 is 0 Å². The van der Waals surface area contributed by atoms with E-state index in [0.717, 1.165) is 17.8 Å². The van der Waals surface area contributed by atoms with Gasteiger partial charge >= 0.3 is 0 Å². The molecule has 120 valence electrons. The number of hydrogen-bond donors (Lipinski definition) is 1. The average molecular weight is 291 g/mol. The Hall–Kier alpha value is -0.0800. The Labute approximate surface area is 130 Å². The normalized spacial score (nSPS) is 46.7. The molecule has 5 rings (SSSR count). The first-order valence-electron chi connectivity index (χ1n) is 9.61. The molecule has 5 fully saturated rings. The summed E-state index contributed by atoms with van der Waals surface area (Å²) in [4.78, 5) is 2.64. The number of likely N-dealkylation sites (tertiary alicyclic amines) is 1. The van der Waals surface area contributed by atoms with E-state index in [-0.39, 0.29) is 0 Å². The van der Waals surface area contributed by atoms with Crippen molar-refractivity contribution >= 4 is 0 Å². The summed E-state index contributed by atoms with van der Waals surface area (Å²) < 4.78 is 0. The lowest BCUT2D eigenvalue weighted by Gasteiger charge is -2.57. The molecule has 4 saturated carbocycles. The van der Waals surface area contributed by atoms with Gasteiger partial charge in [0.05, 0.1) is 6.61 Å². The number of nitrogens with zero attached hydrogens (tertiary/aromatic N) is 1. The van der Waals surface area contributed by atoms with E-state index in [1.807, 2.05) is 0 Å². The van der Waals surface area contributed by atoms with Gasteiger partial charge in [-0.3, -0.25) is 4.90 Å². The Bertz CT molecular complexity index is 331. The lowest BCUT2D eigenvalue weighted by Crippen LogP contribution is -2.48. The average Bonchev–Trinajstić information content (AvgIpc) is 2.68. The highest BCUT2D eigenvalue weighted by molar-refractivity contribution is 5.01. The fraction of sp³-hybridized carbons (Fsp3) is 1.00. The van der Waals surface area contributed by atoms with Crippen LogP contribution >= 0.6 is 0 Å². The van der Waals surface area contributed by atoms with Crippen molar-refractivity contribution in [2.75, 3.05) is 19.7 Å². The van der Waals surface area contributed by atoms with Gasteiger partial charge in [-0.25, -0.2) is 0 Å². The van der Waals surface area contributed by atoms with Crippen LogP contribution in [-0.2, 0) is 0 Å². The Kier molecular flexibility index (Phi) is 4.04. The van der Waals surface area contributed by atoms with Crippen molar-refractivity contribution in [3.05, 3.63) is 0 Å². The van der Waals surface area contributed by atoms with Crippen molar-refractivity contribution in [1.82, 2.24) is 4.90 Å². The van der Waals surface area contributed by atoms with Gasteiger partial charge in [0.15, 0.2) is 0 Å². The Morgan fingerprint density at radius 3 is 2.19 bits per heavy atom. The first-order valence-corrected chi connectivity index (χ1v) is 9.61. The van der Waals surface area contributed by atoms with Crippen LogP contribution in [0.15, 0.2) is 0 Å². The van der Waals surface area contributed by atoms with E-state index in [4.69, 9.17) is 0 Å². The second-order valence-corrected chi connectivity index (χ2v) is 8.89. The predicted molar refractivity (Wildman–Crippen MR) is 86.1 cm³/mol. The van der Waals surface area contributed by atoms with E-state index in [1.54, 1.807) is 19.3 Å². The van der Waals surface area contributed by atoms with E-state index in [9.17, 15) is 5.11 Å². The minimum absolute atomic E-state index is 0.376. The number of hydrogen-bond acceptors (Lipinski definition) is 2. The molecule has 0 amide bonds. The van der Waals surface area contributed by atoms with Gasteiger partial charge in [0.2, 0.25) is 0 Å². The maximum absolute atomic E-state index is 9.71. The molecule has 5 aliphatic rings. The lowest BCUT2D eigenvalue weighted by atomic mass is 9.49. The molecular formula is C19H33NO. The summed E-state index contributed by atoms with van der Waals surface area (Å²) in [6.45, 7) is 2.87. The molecule has 2 heteroatoms. The molecule has 0 aromatic heterocycles. The molecule has 4 aliphatic carbocycles. The molecule has 2 nitrogen and oxygen atoms in total. The maximum atomic E-state index is 9.71. The first kappa shape index (κ1) is 14.5. The molecule has 1 atom stereocenters. The van der Waals surface area contributed by atoms with Crippen LogP contribution in [0.4, 0.5) is 0 Å². The molecule has 1 saturated heterocycles. The minimum Gasteiger partial charge on any atom is -0.395 e. The quantitative estimate of drug-likeness (QED) is 0.851. The molecule has 0 aromatic rings. The Balaban J connectivity index is 1.39. The van der Waals surface area contributed by atoms with Gasteiger partial charge in [-0.2, -0.15) is 0 Å². The molecule has 0 spiro atoms. The van der Waals surface area contributed by atoms with Crippen molar-refractivity contribution < 1.29 is 5.11 Å². The standard InChI is InChI=1S/C19H33NO/c21-14-18-4-2-1-3-6-20(18)7-5-19-11-15-8-16(12-19)10-17(9-15)13-19/h15-18,21H,1-14H2. The summed E-state index contributed by atoms with van der Waals surface area (Å²) in [7, 11) is 0. The van der Waals surface area contributed by atoms with Gasteiger partial charge in [-0.05, 0) is 94.0 Å². The molecule has 0 aromatic carbocycles. The molecule has 1 N–H and O–H groups in total. The Morgan fingerprint density at radius 2 is 1.57 bits per heavy atom. The fourth-order valence-electron chi connectivity index (χ4n) is 6.71. The van der Waals surface area contributed by atoms with Crippen LogP contribution in [0.3, 0.4) is 0 Å². The van der Waals surface area contributed by atoms with Gasteiger partial charge in [0.1, 0.15) is 0 Å². The van der Waals surface area contributed by atoms with Gasteiger partial charge in [0, 0.05) is 6.04 Å². The third-order valence-electron chi connectivity index (χ3n) is 7.30. The van der Waals surface area contributed by atoms with Crippen molar-refractivity contribution in [3.8, 4) is 0 Å². The number of aliphatic hydroxyl groups excluding tert-OH is 1. The SMILES string of the molecule is OCC1CCCCCN1CCC12CC3CC(CC(C3)C1)C2. The van der Waals surface area contributed by atoms with Crippen molar-refractivity contribution in [1.29, 1.82) is 0 Å². The zero-order valence-electron chi connectivity index (χ0n) is 13.6. The van der Waals surface area contributed by atoms with Crippen LogP contribution in [0.25, 0.3) is 0 Å². The van der Waals surface area contributed by atoms with Crippen LogP contribution < -0.4 is 0 Å². The Morgan fingerprint density at radius 1 is 0.905 bits per heavy atom. The van der Waals surface area contributed by atoms with Gasteiger partial charge < -0.3 is 5.11 Å². The van der Waals surface area contributed by atoms with Crippen LogP contribution in [0.5, 0.6) is 0 Å². The second-order valence-electron chi connectivity index (χ2n) is 8.89. The highest BCUT2D eigenvalue weighted by atomic mass is 16.3. The molecule has 1 aliphatic heterocycles. The zero-order valence-corrected chi connectivity index (χ0v) is 13.6. The molecule has 21 heavy (non-hydrogen) atoms. The smallest absolute Gasteiger partial charge is 0.0586 e. The van der Waals surface area contributed by atoms with Crippen molar-refractivity contribution in [2.24, 2.45) is 23.2 Å². The molecule has 4 bridgehead atoms. The van der Waals surface area contributed by atoms with Crippen molar-refractivity contribution in [3.63, 3.8) is 0 Å². The van der Waals surface area contributed by atoms with Crippen LogP contribution in [0.2, 0.25) is 0 Å². The summed E-state index contributed by atoms with van der Waals surface area (Å²) in [5, 5.41) is 9.71. The number of aliphatic hydroxyl groups is 1. The monoisotopic (exact) mass is 291 g/mol. The largest absolute Gasteiger partial charge is 0.395 e. The molecule has 1 unspecified atom stereocenters. The van der Waals surface area contributed by atoms with E-state index in [1.165, 1.54) is 64.5 Å². The van der Waals surface area contributed by atoms with Crippen LogP contribution in [0.1, 0.15) is 70.6 Å². The van der Waals surface area contributed by atoms with E-state index in [2.05, 4.69) is 4.90 Å². The second kappa shape index (κ2) is 5.85. The van der Waals surface area contributed by atoms with Gasteiger partial charge in [-0.15, -0.1) is 0 Å². The zero-order chi connectivity index (χ0) is 14.3. The summed E-state index contributed by atoms with van der Waals surface area (Å²) >= 11 is 0. The number of rotatable bonds is 4. The van der Waals surface area contributed by atoms with E-state index < -0.39 is 0 Å². The minimum atomic E-state index is 0.376. The fourth-order valence-corrected chi connectivity index (χ4v) is 6.71. The van der Waals surface area contributed by atoms with Gasteiger partial charge in [0.25, 0.3) is 0 Å². The summed E-state index contributed by atoms with van der Waals surface area (Å²) in [5.41, 5.74) is 0.709. The highest BCUT2D eigenvalue weighted by Gasteiger charge is 2.50. The summed E-state index contributed by atoms with van der Waals surface area (Å²) in [6.07, 6.45) is 16.0. The summed E-state index contributed by atoms with van der Waals surface area (Å²) in [6, 6.07) is 0.460. The van der Waals surface area contributed by atoms with Crippen molar-refractivity contribution in [2.45, 2.75) is 76.7 Å². The summed E-state index contributed by atoms with van der Waals surface area (Å²) in [5.74, 6) is 3.23. The topological polar surface area (TPSA) is 23.5 Å². The molecule has 0 radical (unpaired) electrons. The highest BCUT2D eigenvalue weighted by Crippen LogP contribution is 2.61. The van der Waals surface area contributed by atoms with Crippen LogP contribution in [-0.4, -0.2) is 35.7 Å². The maximum Gasteiger partial charge on any atom is 0.0586 e. The van der Waals surface area contributed by atoms with Gasteiger partial charge in [-0.1, -0.05) is 12.8 Å². The third-order valence-corrected chi connectivity index (χ3v) is 7.30.